The number of carbonyl (C=O) groups is 1. The molecule has 1 heterocycles. The maximum absolute atomic E-state index is 11.5. The van der Waals surface area contributed by atoms with Crippen molar-refractivity contribution in [3.05, 3.63) is 21.3 Å². The van der Waals surface area contributed by atoms with Crippen LogP contribution in [0.2, 0.25) is 4.34 Å². The summed E-state index contributed by atoms with van der Waals surface area (Å²) in [4.78, 5) is 12.2. The summed E-state index contributed by atoms with van der Waals surface area (Å²) in [7, 11) is 0. The summed E-state index contributed by atoms with van der Waals surface area (Å²) in [5.41, 5.74) is 0. The monoisotopic (exact) mass is 230 g/mol. The number of rotatable bonds is 5. The maximum atomic E-state index is 11.5. The predicted molar refractivity (Wildman–Crippen MR) is 57.2 cm³/mol. The van der Waals surface area contributed by atoms with E-state index in [0.29, 0.717) is 15.1 Å². The van der Waals surface area contributed by atoms with E-state index in [9.17, 15) is 4.79 Å². The minimum Gasteiger partial charge on any atom is -0.373 e. The Kier molecular flexibility index (Phi) is 3.21. The normalized spacial score (nSPS) is 15.8. The minimum atomic E-state index is 0.0301. The van der Waals surface area contributed by atoms with E-state index in [0.717, 1.165) is 6.61 Å². The largest absolute Gasteiger partial charge is 0.373 e. The highest BCUT2D eigenvalue weighted by molar-refractivity contribution is 7.18. The van der Waals surface area contributed by atoms with Crippen LogP contribution in [-0.4, -0.2) is 19.0 Å². The van der Waals surface area contributed by atoms with E-state index in [1.807, 2.05) is 0 Å². The van der Waals surface area contributed by atoms with E-state index in [2.05, 4.69) is 0 Å². The molecule has 2 rings (SSSR count). The minimum absolute atomic E-state index is 0.0301. The van der Waals surface area contributed by atoms with Gasteiger partial charge in [0.15, 0.2) is 5.78 Å². The molecule has 1 saturated carbocycles. The van der Waals surface area contributed by atoms with Gasteiger partial charge in [-0.3, -0.25) is 4.79 Å². The zero-order valence-electron chi connectivity index (χ0n) is 7.66. The summed E-state index contributed by atoms with van der Waals surface area (Å²) in [6.07, 6.45) is 2.50. The van der Waals surface area contributed by atoms with Gasteiger partial charge in [0.05, 0.1) is 15.8 Å². The van der Waals surface area contributed by atoms with Gasteiger partial charge in [0.25, 0.3) is 0 Å². The molecule has 0 spiro atoms. The highest BCUT2D eigenvalue weighted by Crippen LogP contribution is 2.29. The lowest BCUT2D eigenvalue weighted by atomic mass is 10.3. The summed E-state index contributed by atoms with van der Waals surface area (Å²) in [6, 6.07) is 3.48. The summed E-state index contributed by atoms with van der Waals surface area (Å²) < 4.78 is 5.95. The van der Waals surface area contributed by atoms with Gasteiger partial charge in [-0.15, -0.1) is 11.3 Å². The number of ketones is 1. The summed E-state index contributed by atoms with van der Waals surface area (Å²) in [5.74, 6) is 0.734. The van der Waals surface area contributed by atoms with Gasteiger partial charge in [-0.05, 0) is 30.9 Å². The lowest BCUT2D eigenvalue weighted by Crippen LogP contribution is -2.08. The SMILES string of the molecule is O=C(COCC1CC1)c1ccc(Cl)s1. The van der Waals surface area contributed by atoms with Crippen molar-refractivity contribution in [2.45, 2.75) is 12.8 Å². The van der Waals surface area contributed by atoms with E-state index in [1.54, 1.807) is 12.1 Å². The van der Waals surface area contributed by atoms with Gasteiger partial charge < -0.3 is 4.74 Å². The Bertz CT molecular complexity index is 331. The molecule has 4 heteroatoms. The topological polar surface area (TPSA) is 26.3 Å². The highest BCUT2D eigenvalue weighted by atomic mass is 35.5. The number of thiophene rings is 1. The molecule has 1 aromatic rings. The molecule has 0 aromatic carbocycles. The van der Waals surface area contributed by atoms with E-state index in [4.69, 9.17) is 16.3 Å². The van der Waals surface area contributed by atoms with Crippen LogP contribution in [0.4, 0.5) is 0 Å². The van der Waals surface area contributed by atoms with Crippen LogP contribution in [0.3, 0.4) is 0 Å². The van der Waals surface area contributed by atoms with Crippen molar-refractivity contribution < 1.29 is 9.53 Å². The van der Waals surface area contributed by atoms with Gasteiger partial charge in [-0.2, -0.15) is 0 Å². The molecule has 1 aromatic heterocycles. The summed E-state index contributed by atoms with van der Waals surface area (Å²) >= 11 is 7.03. The third kappa shape index (κ3) is 2.80. The second-order valence-electron chi connectivity index (χ2n) is 3.49. The molecule has 0 amide bonds. The number of halogens is 1. The Morgan fingerprint density at radius 2 is 2.36 bits per heavy atom. The van der Waals surface area contributed by atoms with Crippen LogP contribution < -0.4 is 0 Å². The smallest absolute Gasteiger partial charge is 0.198 e. The molecule has 0 N–H and O–H groups in total. The predicted octanol–water partition coefficient (Wildman–Crippen LogP) is 3.01. The summed E-state index contributed by atoms with van der Waals surface area (Å²) in [6.45, 7) is 0.915. The van der Waals surface area contributed by atoms with Crippen LogP contribution in [0.5, 0.6) is 0 Å². The molecule has 1 aliphatic rings. The average molecular weight is 231 g/mol. The fourth-order valence-corrected chi connectivity index (χ4v) is 2.11. The molecule has 0 saturated heterocycles. The van der Waals surface area contributed by atoms with Crippen molar-refractivity contribution in [1.29, 1.82) is 0 Å². The van der Waals surface area contributed by atoms with E-state index in [1.165, 1.54) is 24.2 Å². The van der Waals surface area contributed by atoms with Gasteiger partial charge in [-0.25, -0.2) is 0 Å². The standard InChI is InChI=1S/C10H11ClO2S/c11-10-4-3-9(14-10)8(12)6-13-5-7-1-2-7/h3-4,7H,1-2,5-6H2. The molecule has 14 heavy (non-hydrogen) atoms. The van der Waals surface area contributed by atoms with Crippen molar-refractivity contribution in [1.82, 2.24) is 0 Å². The van der Waals surface area contributed by atoms with Crippen LogP contribution in [-0.2, 0) is 4.74 Å². The van der Waals surface area contributed by atoms with Crippen LogP contribution in [0.25, 0.3) is 0 Å². The molecular formula is C10H11ClO2S. The van der Waals surface area contributed by atoms with Crippen LogP contribution in [0, 0.1) is 5.92 Å². The molecule has 76 valence electrons. The first kappa shape index (κ1) is 10.1. The lowest BCUT2D eigenvalue weighted by Gasteiger charge is -1.99. The van der Waals surface area contributed by atoms with Gasteiger partial charge in [-0.1, -0.05) is 11.6 Å². The number of hydrogen-bond donors (Lipinski definition) is 0. The second kappa shape index (κ2) is 4.43. The molecule has 1 aliphatic carbocycles. The molecular weight excluding hydrogens is 220 g/mol. The highest BCUT2D eigenvalue weighted by Gasteiger charge is 2.21. The molecule has 0 unspecified atom stereocenters. The van der Waals surface area contributed by atoms with Crippen molar-refractivity contribution in [3.8, 4) is 0 Å². The van der Waals surface area contributed by atoms with Gasteiger partial charge >= 0.3 is 0 Å². The fraction of sp³-hybridized carbons (Fsp3) is 0.500. The van der Waals surface area contributed by atoms with E-state index >= 15 is 0 Å². The molecule has 2 nitrogen and oxygen atoms in total. The average Bonchev–Trinajstić information content (AvgIpc) is 2.87. The molecule has 0 aliphatic heterocycles. The third-order valence-electron chi connectivity index (χ3n) is 2.13. The lowest BCUT2D eigenvalue weighted by molar-refractivity contribution is 0.0744. The Hall–Kier alpha value is -0.380. The Labute approximate surface area is 91.8 Å². The first-order valence-corrected chi connectivity index (χ1v) is 5.81. The third-order valence-corrected chi connectivity index (χ3v) is 3.40. The number of hydrogen-bond acceptors (Lipinski definition) is 3. The summed E-state index contributed by atoms with van der Waals surface area (Å²) in [5, 5.41) is 0. The van der Waals surface area contributed by atoms with Crippen molar-refractivity contribution in [2.24, 2.45) is 5.92 Å². The van der Waals surface area contributed by atoms with E-state index in [-0.39, 0.29) is 12.4 Å². The maximum Gasteiger partial charge on any atom is 0.198 e. The number of carbonyl (C=O) groups excluding carboxylic acids is 1. The second-order valence-corrected chi connectivity index (χ2v) is 5.20. The van der Waals surface area contributed by atoms with Gasteiger partial charge in [0.2, 0.25) is 0 Å². The fourth-order valence-electron chi connectivity index (χ4n) is 1.14. The molecule has 0 bridgehead atoms. The van der Waals surface area contributed by atoms with E-state index < -0.39 is 0 Å². The zero-order chi connectivity index (χ0) is 9.97. The van der Waals surface area contributed by atoms with Crippen molar-refractivity contribution in [3.63, 3.8) is 0 Å². The van der Waals surface area contributed by atoms with Gasteiger partial charge in [0, 0.05) is 0 Å². The van der Waals surface area contributed by atoms with Crippen LogP contribution in [0.15, 0.2) is 12.1 Å². The first-order chi connectivity index (χ1) is 6.75. The molecule has 0 radical (unpaired) electrons. The van der Waals surface area contributed by atoms with Crippen molar-refractivity contribution in [2.75, 3.05) is 13.2 Å². The van der Waals surface area contributed by atoms with Crippen LogP contribution in [0.1, 0.15) is 22.5 Å². The molecule has 0 atom stereocenters. The van der Waals surface area contributed by atoms with Crippen LogP contribution >= 0.6 is 22.9 Å². The number of ether oxygens (including phenoxy) is 1. The zero-order valence-corrected chi connectivity index (χ0v) is 9.24. The Balaban J connectivity index is 1.76. The quantitative estimate of drug-likeness (QED) is 0.727. The Morgan fingerprint density at radius 3 is 2.93 bits per heavy atom. The Morgan fingerprint density at radius 1 is 1.57 bits per heavy atom. The van der Waals surface area contributed by atoms with Gasteiger partial charge in [0.1, 0.15) is 6.61 Å². The molecule has 1 fully saturated rings. The first-order valence-electron chi connectivity index (χ1n) is 4.62. The number of Topliss-reactive ketones (excluding diaryl/α,β-unsaturated/α-hetero) is 1. The van der Waals surface area contributed by atoms with Crippen molar-refractivity contribution >= 4 is 28.7 Å².